The lowest BCUT2D eigenvalue weighted by Gasteiger charge is -2.12. The predicted molar refractivity (Wildman–Crippen MR) is 63.9 cm³/mol. The van der Waals surface area contributed by atoms with Gasteiger partial charge in [-0.25, -0.2) is 0 Å². The van der Waals surface area contributed by atoms with Gasteiger partial charge in [-0.1, -0.05) is 6.07 Å². The van der Waals surface area contributed by atoms with Crippen molar-refractivity contribution in [2.45, 2.75) is 18.8 Å². The van der Waals surface area contributed by atoms with Crippen LogP contribution < -0.4 is 14.8 Å². The highest BCUT2D eigenvalue weighted by atomic mass is 16.7. The number of ether oxygens (including phenoxy) is 2. The van der Waals surface area contributed by atoms with E-state index in [1.54, 1.807) is 0 Å². The molecule has 3 aliphatic rings. The molecule has 0 radical (unpaired) electrons. The van der Waals surface area contributed by atoms with E-state index in [9.17, 15) is 0 Å². The van der Waals surface area contributed by atoms with E-state index in [1.807, 2.05) is 6.07 Å². The first-order valence-electron chi connectivity index (χ1n) is 6.13. The third kappa shape index (κ3) is 1.27. The summed E-state index contributed by atoms with van der Waals surface area (Å²) in [6, 6.07) is 4.19. The maximum atomic E-state index is 5.57. The average molecular weight is 230 g/mol. The van der Waals surface area contributed by atoms with E-state index in [1.165, 1.54) is 11.1 Å². The van der Waals surface area contributed by atoms with Crippen LogP contribution in [0.15, 0.2) is 17.1 Å². The van der Waals surface area contributed by atoms with E-state index in [2.05, 4.69) is 16.4 Å². The van der Waals surface area contributed by atoms with Crippen molar-refractivity contribution in [3.05, 3.63) is 23.3 Å². The molecule has 2 aliphatic heterocycles. The first-order chi connectivity index (χ1) is 8.43. The summed E-state index contributed by atoms with van der Waals surface area (Å²) in [6.45, 7) is 2.24. The molecule has 0 amide bonds. The molecule has 1 unspecified atom stereocenters. The molecule has 0 saturated carbocycles. The predicted octanol–water partition coefficient (Wildman–Crippen LogP) is 1.45. The highest BCUT2D eigenvalue weighted by Crippen LogP contribution is 2.45. The zero-order valence-electron chi connectivity index (χ0n) is 9.53. The second-order valence-corrected chi connectivity index (χ2v) is 4.65. The van der Waals surface area contributed by atoms with Gasteiger partial charge >= 0.3 is 0 Å². The van der Waals surface area contributed by atoms with E-state index in [0.29, 0.717) is 12.7 Å². The van der Waals surface area contributed by atoms with Crippen molar-refractivity contribution in [1.29, 1.82) is 0 Å². The van der Waals surface area contributed by atoms with E-state index in [4.69, 9.17) is 9.47 Å². The van der Waals surface area contributed by atoms with E-state index < -0.39 is 0 Å². The van der Waals surface area contributed by atoms with Crippen LogP contribution in [-0.4, -0.2) is 25.7 Å². The molecular weight excluding hydrogens is 216 g/mol. The number of fused-ring (bicyclic) bond motifs is 3. The molecular formula is C13H14N2O2. The standard InChI is InChI=1S/C13H14N2O2/c1-2-10(13-14-5-6-15-13)8-3-4-11-12(9(1)8)17-7-16-11/h3-4,10H,1-2,5-7H2,(H,14,15). The van der Waals surface area contributed by atoms with Gasteiger partial charge in [-0.15, -0.1) is 0 Å². The monoisotopic (exact) mass is 230 g/mol. The molecule has 0 spiro atoms. The summed E-state index contributed by atoms with van der Waals surface area (Å²) < 4.78 is 11.0. The Balaban J connectivity index is 1.79. The zero-order valence-corrected chi connectivity index (χ0v) is 9.53. The van der Waals surface area contributed by atoms with Crippen LogP contribution in [-0.2, 0) is 6.42 Å². The van der Waals surface area contributed by atoms with Gasteiger partial charge in [0, 0.05) is 18.0 Å². The molecule has 1 aliphatic carbocycles. The van der Waals surface area contributed by atoms with Crippen LogP contribution in [0, 0.1) is 0 Å². The summed E-state index contributed by atoms with van der Waals surface area (Å²) in [5.74, 6) is 3.44. The van der Waals surface area contributed by atoms with Gasteiger partial charge in [-0.2, -0.15) is 0 Å². The van der Waals surface area contributed by atoms with Gasteiger partial charge < -0.3 is 14.8 Å². The maximum Gasteiger partial charge on any atom is 0.231 e. The number of nitrogens with one attached hydrogen (secondary N) is 1. The largest absolute Gasteiger partial charge is 0.454 e. The van der Waals surface area contributed by atoms with E-state index in [-0.39, 0.29) is 0 Å². The number of amidine groups is 1. The van der Waals surface area contributed by atoms with Gasteiger partial charge in [0.1, 0.15) is 5.84 Å². The number of rotatable bonds is 1. The van der Waals surface area contributed by atoms with Gasteiger partial charge in [0.2, 0.25) is 6.79 Å². The lowest BCUT2D eigenvalue weighted by atomic mass is 9.99. The van der Waals surface area contributed by atoms with Gasteiger partial charge in [-0.05, 0) is 24.5 Å². The van der Waals surface area contributed by atoms with Crippen LogP contribution in [0.2, 0.25) is 0 Å². The third-order valence-electron chi connectivity index (χ3n) is 3.77. The van der Waals surface area contributed by atoms with Crippen LogP contribution in [0.3, 0.4) is 0 Å². The highest BCUT2D eigenvalue weighted by molar-refractivity contribution is 5.91. The first kappa shape index (κ1) is 9.33. The van der Waals surface area contributed by atoms with Crippen molar-refractivity contribution in [2.75, 3.05) is 19.9 Å². The Bertz CT molecular complexity index is 510. The minimum absolute atomic E-state index is 0.357. The zero-order chi connectivity index (χ0) is 11.2. The average Bonchev–Trinajstić information content (AvgIpc) is 3.08. The van der Waals surface area contributed by atoms with Crippen LogP contribution in [0.1, 0.15) is 23.5 Å². The smallest absolute Gasteiger partial charge is 0.231 e. The van der Waals surface area contributed by atoms with Crippen LogP contribution in [0.25, 0.3) is 0 Å². The molecule has 1 aromatic rings. The van der Waals surface area contributed by atoms with Gasteiger partial charge in [0.05, 0.1) is 6.54 Å². The Labute approximate surface area is 99.6 Å². The minimum atomic E-state index is 0.357. The molecule has 4 rings (SSSR count). The van der Waals surface area contributed by atoms with Crippen molar-refractivity contribution < 1.29 is 9.47 Å². The second kappa shape index (κ2) is 3.39. The molecule has 1 N–H and O–H groups in total. The number of hydrogen-bond acceptors (Lipinski definition) is 4. The Morgan fingerprint density at radius 3 is 3.18 bits per heavy atom. The highest BCUT2D eigenvalue weighted by Gasteiger charge is 2.33. The fraction of sp³-hybridized carbons (Fsp3) is 0.462. The van der Waals surface area contributed by atoms with Crippen molar-refractivity contribution >= 4 is 5.84 Å². The molecule has 1 atom stereocenters. The third-order valence-corrected chi connectivity index (χ3v) is 3.77. The van der Waals surface area contributed by atoms with Crippen LogP contribution in [0.4, 0.5) is 0 Å². The number of nitrogens with zero attached hydrogens (tertiary/aromatic N) is 1. The normalized spacial score (nSPS) is 24.5. The maximum absolute atomic E-state index is 5.57. The fourth-order valence-electron chi connectivity index (χ4n) is 3.01. The Kier molecular flexibility index (Phi) is 1.86. The molecule has 0 saturated heterocycles. The number of aliphatic imine (C=N–C) groups is 1. The lowest BCUT2D eigenvalue weighted by molar-refractivity contribution is 0.173. The second-order valence-electron chi connectivity index (χ2n) is 4.65. The summed E-state index contributed by atoms with van der Waals surface area (Å²) in [4.78, 5) is 4.54. The molecule has 0 bridgehead atoms. The van der Waals surface area contributed by atoms with Gasteiger partial charge in [0.25, 0.3) is 0 Å². The van der Waals surface area contributed by atoms with Gasteiger partial charge in [-0.3, -0.25) is 4.99 Å². The molecule has 0 fully saturated rings. The Morgan fingerprint density at radius 2 is 2.29 bits per heavy atom. The number of hydrogen-bond donors (Lipinski definition) is 1. The first-order valence-corrected chi connectivity index (χ1v) is 6.13. The summed E-state index contributed by atoms with van der Waals surface area (Å²) in [6.07, 6.45) is 2.19. The van der Waals surface area contributed by atoms with E-state index >= 15 is 0 Å². The summed E-state index contributed by atoms with van der Waals surface area (Å²) in [5, 5.41) is 3.39. The molecule has 88 valence electrons. The molecule has 0 aromatic heterocycles. The quantitative estimate of drug-likeness (QED) is 0.794. The van der Waals surface area contributed by atoms with Crippen molar-refractivity contribution in [2.24, 2.45) is 4.99 Å². The topological polar surface area (TPSA) is 42.9 Å². The van der Waals surface area contributed by atoms with Crippen LogP contribution in [0.5, 0.6) is 11.5 Å². The summed E-state index contributed by atoms with van der Waals surface area (Å²) in [7, 11) is 0. The SMILES string of the molecule is c1cc2c(c3c1OCO3)CCC2C1=NCCN1. The molecule has 17 heavy (non-hydrogen) atoms. The molecule has 1 aromatic carbocycles. The van der Waals surface area contributed by atoms with Gasteiger partial charge in [0.15, 0.2) is 11.5 Å². The van der Waals surface area contributed by atoms with E-state index in [0.717, 1.165) is 43.3 Å². The van der Waals surface area contributed by atoms with Crippen LogP contribution >= 0.6 is 0 Å². The fourth-order valence-corrected chi connectivity index (χ4v) is 3.01. The lowest BCUT2D eigenvalue weighted by Crippen LogP contribution is -2.24. The minimum Gasteiger partial charge on any atom is -0.454 e. The number of benzene rings is 1. The van der Waals surface area contributed by atoms with Crippen molar-refractivity contribution in [3.63, 3.8) is 0 Å². The Hall–Kier alpha value is -1.71. The molecule has 4 heteroatoms. The summed E-state index contributed by atoms with van der Waals surface area (Å²) in [5.41, 5.74) is 2.68. The Morgan fingerprint density at radius 1 is 1.29 bits per heavy atom. The molecule has 4 nitrogen and oxygen atoms in total. The summed E-state index contributed by atoms with van der Waals surface area (Å²) >= 11 is 0. The molecule has 2 heterocycles. The van der Waals surface area contributed by atoms with Crippen molar-refractivity contribution in [3.8, 4) is 11.5 Å². The van der Waals surface area contributed by atoms with Crippen molar-refractivity contribution in [1.82, 2.24) is 5.32 Å².